The summed E-state index contributed by atoms with van der Waals surface area (Å²) in [6, 6.07) is 13.9. The number of anilines is 4. The van der Waals surface area contributed by atoms with Gasteiger partial charge in [0.1, 0.15) is 17.3 Å². The molecule has 1 amide bonds. The molecule has 4 rings (SSSR count). The van der Waals surface area contributed by atoms with E-state index in [9.17, 15) is 9.18 Å². The van der Waals surface area contributed by atoms with Crippen molar-refractivity contribution in [3.63, 3.8) is 0 Å². The number of amides is 1. The van der Waals surface area contributed by atoms with Crippen molar-refractivity contribution in [3.05, 3.63) is 72.4 Å². The van der Waals surface area contributed by atoms with Gasteiger partial charge in [-0.15, -0.1) is 0 Å². The third kappa shape index (κ3) is 4.25. The lowest BCUT2D eigenvalue weighted by atomic mass is 10.2. The summed E-state index contributed by atoms with van der Waals surface area (Å²) in [4.78, 5) is 22.9. The van der Waals surface area contributed by atoms with Gasteiger partial charge in [-0.25, -0.2) is 14.4 Å². The van der Waals surface area contributed by atoms with E-state index in [2.05, 4.69) is 37.6 Å². The van der Waals surface area contributed by atoms with E-state index < -0.39 is 11.7 Å². The van der Waals surface area contributed by atoms with Crippen LogP contribution in [0, 0.1) is 5.82 Å². The molecule has 0 aliphatic carbocycles. The molecule has 1 fully saturated rings. The molecule has 0 bridgehead atoms. The van der Waals surface area contributed by atoms with Crippen molar-refractivity contribution in [2.75, 3.05) is 28.6 Å². The molecule has 2 N–H and O–H groups in total. The van der Waals surface area contributed by atoms with Gasteiger partial charge in [-0.05, 0) is 55.3 Å². The second-order valence-corrected chi connectivity index (χ2v) is 6.62. The molecule has 0 spiro atoms. The van der Waals surface area contributed by atoms with Crippen LogP contribution < -0.4 is 15.5 Å². The number of carbonyl (C=O) groups is 1. The molecule has 142 valence electrons. The van der Waals surface area contributed by atoms with E-state index in [1.807, 2.05) is 12.1 Å². The lowest BCUT2D eigenvalue weighted by Crippen LogP contribution is -2.17. The van der Waals surface area contributed by atoms with E-state index in [1.165, 1.54) is 49.1 Å². The summed E-state index contributed by atoms with van der Waals surface area (Å²) in [7, 11) is 0. The van der Waals surface area contributed by atoms with Gasteiger partial charge >= 0.3 is 0 Å². The lowest BCUT2D eigenvalue weighted by Gasteiger charge is -2.17. The Bertz CT molecular complexity index is 953. The van der Waals surface area contributed by atoms with Crippen LogP contribution in [0.15, 0.2) is 60.9 Å². The molecule has 7 heteroatoms. The maximum Gasteiger partial charge on any atom is 0.275 e. The largest absolute Gasteiger partial charge is 0.372 e. The second kappa shape index (κ2) is 8.04. The minimum atomic E-state index is -0.445. The van der Waals surface area contributed by atoms with Crippen LogP contribution in [0.5, 0.6) is 0 Å². The Morgan fingerprint density at radius 2 is 1.75 bits per heavy atom. The van der Waals surface area contributed by atoms with Gasteiger partial charge in [0.25, 0.3) is 5.91 Å². The van der Waals surface area contributed by atoms with Crippen LogP contribution in [0.1, 0.15) is 23.3 Å². The first kappa shape index (κ1) is 17.9. The molecule has 0 unspecified atom stereocenters. The molecule has 28 heavy (non-hydrogen) atoms. The molecule has 1 saturated heterocycles. The van der Waals surface area contributed by atoms with E-state index in [1.54, 1.807) is 6.07 Å². The topological polar surface area (TPSA) is 70.2 Å². The highest BCUT2D eigenvalue weighted by molar-refractivity contribution is 6.02. The fourth-order valence-corrected chi connectivity index (χ4v) is 3.15. The minimum Gasteiger partial charge on any atom is -0.372 e. The normalized spacial score (nSPS) is 13.4. The molecule has 2 heterocycles. The van der Waals surface area contributed by atoms with E-state index in [4.69, 9.17) is 0 Å². The van der Waals surface area contributed by atoms with Gasteiger partial charge in [-0.2, -0.15) is 0 Å². The highest BCUT2D eigenvalue weighted by Gasteiger charge is 2.12. The minimum absolute atomic E-state index is 0.152. The second-order valence-electron chi connectivity index (χ2n) is 6.62. The fraction of sp³-hybridized carbons (Fsp3) is 0.190. The fourth-order valence-electron chi connectivity index (χ4n) is 3.15. The summed E-state index contributed by atoms with van der Waals surface area (Å²) in [6.45, 7) is 2.22. The Morgan fingerprint density at radius 1 is 0.964 bits per heavy atom. The molecule has 2 aromatic carbocycles. The number of benzene rings is 2. The maximum absolute atomic E-state index is 13.2. The number of aromatic nitrogens is 2. The summed E-state index contributed by atoms with van der Waals surface area (Å²) in [5.74, 6) is -0.324. The first-order valence-corrected chi connectivity index (χ1v) is 9.18. The predicted octanol–water partition coefficient (Wildman–Crippen LogP) is 4.21. The standard InChI is InChI=1S/C21H20FN5O/c22-15-4-3-5-17(12-15)26-21(28)19-13-24-20(14-23-19)25-16-6-8-18(9-7-16)27-10-1-2-11-27/h3-9,12-14H,1-2,10-11H2,(H,24,25)(H,26,28). The van der Waals surface area contributed by atoms with Crippen LogP contribution in [0.3, 0.4) is 0 Å². The van der Waals surface area contributed by atoms with E-state index in [0.717, 1.165) is 18.8 Å². The highest BCUT2D eigenvalue weighted by atomic mass is 19.1. The Hall–Kier alpha value is -3.48. The molecule has 0 radical (unpaired) electrons. The van der Waals surface area contributed by atoms with Gasteiger partial charge in [0, 0.05) is 30.2 Å². The van der Waals surface area contributed by atoms with Crippen LogP contribution in [-0.4, -0.2) is 29.0 Å². The van der Waals surface area contributed by atoms with Crippen LogP contribution in [-0.2, 0) is 0 Å². The molecule has 0 atom stereocenters. The Labute approximate surface area is 162 Å². The third-order valence-corrected chi connectivity index (χ3v) is 4.58. The zero-order valence-corrected chi connectivity index (χ0v) is 15.2. The molecule has 1 aliphatic rings. The quantitative estimate of drug-likeness (QED) is 0.697. The van der Waals surface area contributed by atoms with Crippen molar-refractivity contribution >= 4 is 28.8 Å². The van der Waals surface area contributed by atoms with E-state index >= 15 is 0 Å². The number of halogens is 1. The number of carbonyl (C=O) groups excluding carboxylic acids is 1. The number of hydrogen-bond donors (Lipinski definition) is 2. The zero-order valence-electron chi connectivity index (χ0n) is 15.2. The van der Waals surface area contributed by atoms with Gasteiger partial charge in [0.05, 0.1) is 12.4 Å². The Kier molecular flexibility index (Phi) is 5.14. The van der Waals surface area contributed by atoms with Gasteiger partial charge in [0.2, 0.25) is 0 Å². The molecule has 0 saturated carbocycles. The molecular formula is C21H20FN5O. The monoisotopic (exact) mass is 377 g/mol. The summed E-state index contributed by atoms with van der Waals surface area (Å²) in [6.07, 6.45) is 5.37. The van der Waals surface area contributed by atoms with Gasteiger partial charge in [-0.1, -0.05) is 6.07 Å². The van der Waals surface area contributed by atoms with Gasteiger partial charge in [0.15, 0.2) is 0 Å². The molecule has 1 aliphatic heterocycles. The summed E-state index contributed by atoms with van der Waals surface area (Å²) < 4.78 is 13.2. The smallest absolute Gasteiger partial charge is 0.275 e. The van der Waals surface area contributed by atoms with Crippen molar-refractivity contribution in [2.24, 2.45) is 0 Å². The van der Waals surface area contributed by atoms with Crippen molar-refractivity contribution in [3.8, 4) is 0 Å². The lowest BCUT2D eigenvalue weighted by molar-refractivity contribution is 0.102. The van der Waals surface area contributed by atoms with Crippen LogP contribution in [0.4, 0.5) is 27.3 Å². The van der Waals surface area contributed by atoms with E-state index in [-0.39, 0.29) is 5.69 Å². The zero-order chi connectivity index (χ0) is 19.3. The maximum atomic E-state index is 13.2. The number of hydrogen-bond acceptors (Lipinski definition) is 5. The van der Waals surface area contributed by atoms with Crippen molar-refractivity contribution in [2.45, 2.75) is 12.8 Å². The molecular weight excluding hydrogens is 357 g/mol. The summed E-state index contributed by atoms with van der Waals surface area (Å²) >= 11 is 0. The van der Waals surface area contributed by atoms with Crippen molar-refractivity contribution < 1.29 is 9.18 Å². The van der Waals surface area contributed by atoms with Crippen LogP contribution in [0.2, 0.25) is 0 Å². The Balaban J connectivity index is 1.38. The SMILES string of the molecule is O=C(Nc1cccc(F)c1)c1cnc(Nc2ccc(N3CCCC3)cc2)cn1. The van der Waals surface area contributed by atoms with Gasteiger partial charge in [-0.3, -0.25) is 4.79 Å². The average Bonchev–Trinajstić information content (AvgIpc) is 3.24. The highest BCUT2D eigenvalue weighted by Crippen LogP contribution is 2.23. The van der Waals surface area contributed by atoms with Crippen molar-refractivity contribution in [1.29, 1.82) is 0 Å². The number of nitrogens with zero attached hydrogens (tertiary/aromatic N) is 3. The third-order valence-electron chi connectivity index (χ3n) is 4.58. The average molecular weight is 377 g/mol. The van der Waals surface area contributed by atoms with Crippen molar-refractivity contribution in [1.82, 2.24) is 9.97 Å². The van der Waals surface area contributed by atoms with Crippen LogP contribution >= 0.6 is 0 Å². The molecule has 3 aromatic rings. The summed E-state index contributed by atoms with van der Waals surface area (Å²) in [5.41, 5.74) is 2.64. The number of nitrogens with one attached hydrogen (secondary N) is 2. The first-order valence-electron chi connectivity index (χ1n) is 9.18. The first-order chi connectivity index (χ1) is 13.7. The predicted molar refractivity (Wildman–Crippen MR) is 108 cm³/mol. The van der Waals surface area contributed by atoms with Crippen LogP contribution in [0.25, 0.3) is 0 Å². The van der Waals surface area contributed by atoms with E-state index in [0.29, 0.717) is 11.5 Å². The number of rotatable bonds is 5. The molecule has 6 nitrogen and oxygen atoms in total. The Morgan fingerprint density at radius 3 is 2.43 bits per heavy atom. The van der Waals surface area contributed by atoms with Gasteiger partial charge < -0.3 is 15.5 Å². The molecule has 1 aromatic heterocycles. The summed E-state index contributed by atoms with van der Waals surface area (Å²) in [5, 5.41) is 5.77.